The lowest BCUT2D eigenvalue weighted by Gasteiger charge is -2.43. The summed E-state index contributed by atoms with van der Waals surface area (Å²) in [5.74, 6) is 0.106. The van der Waals surface area contributed by atoms with E-state index in [1.807, 2.05) is 57.7 Å². The number of nitrogens with one attached hydrogen (secondary N) is 2. The van der Waals surface area contributed by atoms with Crippen molar-refractivity contribution in [2.24, 2.45) is 0 Å². The molecule has 204 valence electrons. The maximum Gasteiger partial charge on any atom is 0.338 e. The van der Waals surface area contributed by atoms with Gasteiger partial charge in [0.05, 0.1) is 25.3 Å². The summed E-state index contributed by atoms with van der Waals surface area (Å²) >= 11 is 0. The van der Waals surface area contributed by atoms with Crippen LogP contribution in [0.5, 0.6) is 5.75 Å². The summed E-state index contributed by atoms with van der Waals surface area (Å²) in [6, 6.07) is 6.22. The molecule has 10 nitrogen and oxygen atoms in total. The lowest BCUT2D eigenvalue weighted by molar-refractivity contribution is -0.139. The maximum atomic E-state index is 13.4. The summed E-state index contributed by atoms with van der Waals surface area (Å²) in [7, 11) is 1.56. The first-order valence-corrected chi connectivity index (χ1v) is 12.9. The molecule has 3 rings (SSSR count). The Bertz CT molecular complexity index is 1030. The van der Waals surface area contributed by atoms with Gasteiger partial charge in [0.2, 0.25) is 0 Å². The Morgan fingerprint density at radius 3 is 2.46 bits per heavy atom. The highest BCUT2D eigenvalue weighted by Gasteiger charge is 2.40. The predicted molar refractivity (Wildman–Crippen MR) is 141 cm³/mol. The van der Waals surface area contributed by atoms with Gasteiger partial charge in [-0.2, -0.15) is 0 Å². The average Bonchev–Trinajstić information content (AvgIpc) is 2.82. The van der Waals surface area contributed by atoms with Crippen molar-refractivity contribution in [1.29, 1.82) is 0 Å². The van der Waals surface area contributed by atoms with Crippen LogP contribution in [-0.4, -0.2) is 90.8 Å². The van der Waals surface area contributed by atoms with Crippen LogP contribution in [0.4, 0.5) is 9.59 Å². The minimum Gasteiger partial charge on any atom is -0.496 e. The quantitative estimate of drug-likeness (QED) is 0.541. The van der Waals surface area contributed by atoms with Crippen molar-refractivity contribution >= 4 is 18.0 Å². The Labute approximate surface area is 219 Å². The van der Waals surface area contributed by atoms with Gasteiger partial charge in [-0.25, -0.2) is 14.4 Å². The Hall–Kier alpha value is -3.27. The van der Waals surface area contributed by atoms with E-state index in [1.165, 1.54) is 0 Å². The van der Waals surface area contributed by atoms with Gasteiger partial charge in [-0.15, -0.1) is 0 Å². The molecule has 0 aromatic heterocycles. The van der Waals surface area contributed by atoms with Gasteiger partial charge in [0.1, 0.15) is 5.75 Å². The molecule has 2 atom stereocenters. The maximum absolute atomic E-state index is 13.4. The predicted octanol–water partition coefficient (Wildman–Crippen LogP) is 3.11. The average molecular weight is 516 g/mol. The first-order valence-electron chi connectivity index (χ1n) is 12.9. The zero-order valence-electron chi connectivity index (χ0n) is 23.1. The van der Waals surface area contributed by atoms with E-state index in [4.69, 9.17) is 9.47 Å². The summed E-state index contributed by atoms with van der Waals surface area (Å²) in [6.45, 7) is 14.3. The van der Waals surface area contributed by atoms with Gasteiger partial charge >= 0.3 is 18.0 Å². The molecule has 1 aromatic rings. The number of piperazine rings is 1. The molecule has 0 aliphatic carbocycles. The first-order chi connectivity index (χ1) is 17.5. The molecule has 2 heterocycles. The lowest BCUT2D eigenvalue weighted by Crippen LogP contribution is -2.59. The minimum atomic E-state index is -0.711. The molecule has 10 heteroatoms. The number of carbonyl (C=O) groups excluding carboxylic acids is 3. The molecule has 1 fully saturated rings. The number of rotatable bonds is 7. The second-order valence-electron chi connectivity index (χ2n) is 10.4. The van der Waals surface area contributed by atoms with Crippen LogP contribution < -0.4 is 15.4 Å². The number of amides is 4. The molecule has 0 bridgehead atoms. The number of nitrogens with zero attached hydrogens (tertiary/aromatic N) is 3. The number of hydrogen-bond acceptors (Lipinski definition) is 6. The smallest absolute Gasteiger partial charge is 0.338 e. The highest BCUT2D eigenvalue weighted by Crippen LogP contribution is 2.36. The molecule has 2 N–H and O–H groups in total. The fourth-order valence-electron chi connectivity index (χ4n) is 4.88. The van der Waals surface area contributed by atoms with Gasteiger partial charge in [0.25, 0.3) is 0 Å². The van der Waals surface area contributed by atoms with Gasteiger partial charge in [0, 0.05) is 55.6 Å². The molecule has 0 radical (unpaired) electrons. The van der Waals surface area contributed by atoms with Crippen LogP contribution in [0, 0.1) is 0 Å². The molecular weight excluding hydrogens is 474 g/mol. The SMILES string of the molecule is CCOC(=O)C1=C(CN2CCN(C(=O)NC(C)(C)C)C(C)C2)N(CC)C(=O)NC1c1ccccc1OC. The highest BCUT2D eigenvalue weighted by molar-refractivity contribution is 5.95. The Morgan fingerprint density at radius 1 is 1.16 bits per heavy atom. The molecule has 37 heavy (non-hydrogen) atoms. The van der Waals surface area contributed by atoms with Gasteiger partial charge in [-0.05, 0) is 47.6 Å². The van der Waals surface area contributed by atoms with Crippen LogP contribution in [0.15, 0.2) is 35.5 Å². The van der Waals surface area contributed by atoms with Crippen molar-refractivity contribution in [2.75, 3.05) is 46.4 Å². The number of benzene rings is 1. The monoisotopic (exact) mass is 515 g/mol. The number of ether oxygens (including phenoxy) is 2. The van der Waals surface area contributed by atoms with Crippen molar-refractivity contribution < 1.29 is 23.9 Å². The number of hydrogen-bond donors (Lipinski definition) is 2. The second kappa shape index (κ2) is 11.9. The molecule has 4 amide bonds. The van der Waals surface area contributed by atoms with E-state index in [2.05, 4.69) is 15.5 Å². The van der Waals surface area contributed by atoms with Crippen LogP contribution in [0.2, 0.25) is 0 Å². The fraction of sp³-hybridized carbons (Fsp3) is 0.593. The van der Waals surface area contributed by atoms with Crippen LogP contribution in [0.1, 0.15) is 53.1 Å². The summed E-state index contributed by atoms with van der Waals surface area (Å²) in [4.78, 5) is 45.0. The molecule has 0 saturated carbocycles. The number of urea groups is 2. The summed E-state index contributed by atoms with van der Waals surface area (Å²) < 4.78 is 11.0. The number of para-hydroxylation sites is 1. The molecular formula is C27H41N5O5. The number of methoxy groups -OCH3 is 1. The zero-order chi connectivity index (χ0) is 27.3. The largest absolute Gasteiger partial charge is 0.496 e. The summed E-state index contributed by atoms with van der Waals surface area (Å²) in [5.41, 5.74) is 1.37. The molecule has 2 aliphatic rings. The number of carbonyl (C=O) groups is 3. The normalized spacial score (nSPS) is 21.0. The van der Waals surface area contributed by atoms with Crippen molar-refractivity contribution in [3.63, 3.8) is 0 Å². The minimum absolute atomic E-state index is 0.0414. The number of esters is 1. The topological polar surface area (TPSA) is 103 Å². The molecule has 2 aliphatic heterocycles. The third kappa shape index (κ3) is 6.54. The van der Waals surface area contributed by atoms with E-state index in [-0.39, 0.29) is 30.2 Å². The zero-order valence-corrected chi connectivity index (χ0v) is 23.1. The molecule has 1 saturated heterocycles. The Morgan fingerprint density at radius 2 is 1.86 bits per heavy atom. The Balaban J connectivity index is 1.96. The summed E-state index contributed by atoms with van der Waals surface area (Å²) in [5, 5.41) is 6.02. The van der Waals surface area contributed by atoms with Gasteiger partial charge in [-0.1, -0.05) is 18.2 Å². The van der Waals surface area contributed by atoms with Crippen LogP contribution in [-0.2, 0) is 9.53 Å². The third-order valence-corrected chi connectivity index (χ3v) is 6.53. The Kier molecular flexibility index (Phi) is 9.07. The van der Waals surface area contributed by atoms with E-state index >= 15 is 0 Å². The van der Waals surface area contributed by atoms with Gasteiger partial charge in [0.15, 0.2) is 0 Å². The van der Waals surface area contributed by atoms with E-state index in [9.17, 15) is 14.4 Å². The van der Waals surface area contributed by atoms with E-state index in [0.29, 0.717) is 55.3 Å². The standard InChI is InChI=1S/C27H41N5O5/c1-8-31-20(17-30-14-15-32(18(3)16-30)26(35)29-27(4,5)6)22(24(33)37-9-2)23(28-25(31)34)19-12-10-11-13-21(19)36-7/h10-13,18,23H,8-9,14-17H2,1-7H3,(H,28,34)(H,29,35). The summed E-state index contributed by atoms with van der Waals surface area (Å²) in [6.07, 6.45) is 0. The molecule has 1 aromatic carbocycles. The fourth-order valence-corrected chi connectivity index (χ4v) is 4.88. The lowest BCUT2D eigenvalue weighted by atomic mass is 9.93. The van der Waals surface area contributed by atoms with E-state index in [1.54, 1.807) is 25.0 Å². The second-order valence-corrected chi connectivity index (χ2v) is 10.4. The number of likely N-dealkylation sites (N-methyl/N-ethyl adjacent to an activating group) is 1. The van der Waals surface area contributed by atoms with Crippen LogP contribution >= 0.6 is 0 Å². The van der Waals surface area contributed by atoms with E-state index < -0.39 is 12.0 Å². The molecule has 2 unspecified atom stereocenters. The van der Waals surface area contributed by atoms with E-state index in [0.717, 1.165) is 0 Å². The van der Waals surface area contributed by atoms with Gasteiger partial charge < -0.3 is 25.0 Å². The highest BCUT2D eigenvalue weighted by atomic mass is 16.5. The first kappa shape index (κ1) is 28.3. The van der Waals surface area contributed by atoms with Crippen molar-refractivity contribution in [2.45, 2.75) is 59.2 Å². The van der Waals surface area contributed by atoms with Crippen molar-refractivity contribution in [3.05, 3.63) is 41.1 Å². The third-order valence-electron chi connectivity index (χ3n) is 6.53. The van der Waals surface area contributed by atoms with Crippen molar-refractivity contribution in [1.82, 2.24) is 25.3 Å². The van der Waals surface area contributed by atoms with Gasteiger partial charge in [-0.3, -0.25) is 9.80 Å². The van der Waals surface area contributed by atoms with Crippen molar-refractivity contribution in [3.8, 4) is 5.75 Å². The van der Waals surface area contributed by atoms with Crippen LogP contribution in [0.3, 0.4) is 0 Å². The molecule has 0 spiro atoms. The van der Waals surface area contributed by atoms with Crippen LogP contribution in [0.25, 0.3) is 0 Å².